The Morgan fingerprint density at radius 3 is 2.62 bits per heavy atom. The summed E-state index contributed by atoms with van der Waals surface area (Å²) in [7, 11) is -3.25. The Morgan fingerprint density at radius 2 is 2.06 bits per heavy atom. The second kappa shape index (κ2) is 3.05. The maximum atomic E-state index is 11.8. The highest BCUT2D eigenvalue weighted by molar-refractivity contribution is 7.91. The predicted molar refractivity (Wildman–Crippen MR) is 58.3 cm³/mol. The van der Waals surface area contributed by atoms with Crippen molar-refractivity contribution in [2.75, 3.05) is 0 Å². The second-order valence-electron chi connectivity index (χ2n) is 4.26. The molecule has 0 radical (unpaired) electrons. The van der Waals surface area contributed by atoms with Gasteiger partial charge in [-0.3, -0.25) is 9.52 Å². The van der Waals surface area contributed by atoms with Crippen molar-refractivity contribution in [3.05, 3.63) is 29.3 Å². The monoisotopic (exact) mass is 240 g/mol. The summed E-state index contributed by atoms with van der Waals surface area (Å²) in [6.07, 6.45) is 0. The van der Waals surface area contributed by atoms with Gasteiger partial charge >= 0.3 is 0 Å². The third kappa shape index (κ3) is 1.60. The van der Waals surface area contributed by atoms with Gasteiger partial charge in [-0.1, -0.05) is 6.07 Å². The fourth-order valence-electron chi connectivity index (χ4n) is 1.57. The van der Waals surface area contributed by atoms with Gasteiger partial charge in [0.2, 0.25) is 0 Å². The number of carbonyl (C=O) groups is 1. The minimum Gasteiger partial charge on any atom is -0.386 e. The summed E-state index contributed by atoms with van der Waals surface area (Å²) in [5.74, 6) is -0.503. The molecule has 1 aliphatic rings. The fourth-order valence-corrected chi connectivity index (χ4v) is 2.81. The van der Waals surface area contributed by atoms with E-state index in [2.05, 4.69) is 4.72 Å². The zero-order valence-electron chi connectivity index (χ0n) is 8.90. The average Bonchev–Trinajstić information content (AvgIpc) is 2.36. The molecule has 1 amide bonds. The number of hydrogen-bond donors (Lipinski definition) is 3. The number of rotatable bonds is 1. The molecule has 1 aromatic carbocycles. The maximum absolute atomic E-state index is 11.8. The van der Waals surface area contributed by atoms with E-state index >= 15 is 0 Å². The summed E-state index contributed by atoms with van der Waals surface area (Å²) < 4.78 is 21.4. The Hall–Kier alpha value is -1.40. The molecule has 0 saturated carbocycles. The van der Waals surface area contributed by atoms with Crippen molar-refractivity contribution in [2.45, 2.75) is 24.3 Å². The number of benzene rings is 1. The van der Waals surface area contributed by atoms with Gasteiger partial charge in [0.25, 0.3) is 5.91 Å². The topological polar surface area (TPSA) is 90.2 Å². The van der Waals surface area contributed by atoms with Gasteiger partial charge < -0.3 is 5.11 Å². The molecule has 0 fully saturated rings. The SMILES string of the molecule is CC(C)(O)c1ccc2c(c1)[S@@](=N)(=O)NC2=O. The smallest absolute Gasteiger partial charge is 0.265 e. The van der Waals surface area contributed by atoms with E-state index < -0.39 is 21.4 Å². The van der Waals surface area contributed by atoms with E-state index in [1.807, 2.05) is 0 Å². The minimum absolute atomic E-state index is 0.150. The number of nitrogens with one attached hydrogen (secondary N) is 2. The number of fused-ring (bicyclic) bond motifs is 1. The van der Waals surface area contributed by atoms with E-state index in [9.17, 15) is 14.1 Å². The van der Waals surface area contributed by atoms with Crippen molar-refractivity contribution in [2.24, 2.45) is 0 Å². The maximum Gasteiger partial charge on any atom is 0.265 e. The fraction of sp³-hybridized carbons (Fsp3) is 0.300. The molecule has 0 bridgehead atoms. The Kier molecular flexibility index (Phi) is 2.12. The van der Waals surface area contributed by atoms with Gasteiger partial charge in [-0.05, 0) is 31.5 Å². The van der Waals surface area contributed by atoms with Crippen LogP contribution >= 0.6 is 0 Å². The van der Waals surface area contributed by atoms with Gasteiger partial charge in [-0.15, -0.1) is 0 Å². The molecular formula is C10H12N2O3S. The van der Waals surface area contributed by atoms with Gasteiger partial charge in [0, 0.05) is 0 Å². The molecule has 0 saturated heterocycles. The molecule has 0 unspecified atom stereocenters. The summed E-state index contributed by atoms with van der Waals surface area (Å²) in [5.41, 5.74) is -0.313. The zero-order chi connectivity index (χ0) is 12.1. The lowest BCUT2D eigenvalue weighted by molar-refractivity contribution is 0.0782. The summed E-state index contributed by atoms with van der Waals surface area (Å²) in [5, 5.41) is 9.80. The lowest BCUT2D eigenvalue weighted by atomic mass is 9.97. The molecule has 2 rings (SSSR count). The summed E-state index contributed by atoms with van der Waals surface area (Å²) in [6.45, 7) is 3.18. The van der Waals surface area contributed by atoms with E-state index in [0.29, 0.717) is 5.56 Å². The van der Waals surface area contributed by atoms with Crippen LogP contribution in [-0.4, -0.2) is 15.2 Å². The van der Waals surface area contributed by atoms with Crippen LogP contribution in [-0.2, 0) is 15.5 Å². The normalized spacial score (nSPS) is 24.1. The van der Waals surface area contributed by atoms with Crippen LogP contribution < -0.4 is 4.72 Å². The minimum atomic E-state index is -3.25. The van der Waals surface area contributed by atoms with Gasteiger partial charge in [0.15, 0.2) is 9.92 Å². The molecule has 3 N–H and O–H groups in total. The molecule has 5 nitrogen and oxygen atoms in total. The lowest BCUT2D eigenvalue weighted by Crippen LogP contribution is -2.19. The van der Waals surface area contributed by atoms with Crippen molar-refractivity contribution in [1.29, 1.82) is 4.78 Å². The molecule has 1 aromatic rings. The van der Waals surface area contributed by atoms with Crippen LogP contribution in [0.4, 0.5) is 0 Å². The summed E-state index contributed by atoms with van der Waals surface area (Å²) >= 11 is 0. The number of amides is 1. The first-order chi connectivity index (χ1) is 7.22. The van der Waals surface area contributed by atoms with Crippen molar-refractivity contribution in [3.63, 3.8) is 0 Å². The first-order valence-corrected chi connectivity index (χ1v) is 6.25. The Morgan fingerprint density at radius 1 is 1.44 bits per heavy atom. The highest BCUT2D eigenvalue weighted by atomic mass is 32.2. The molecule has 1 heterocycles. The van der Waals surface area contributed by atoms with Gasteiger partial charge in [-0.2, -0.15) is 0 Å². The van der Waals surface area contributed by atoms with Gasteiger partial charge in [0.05, 0.1) is 16.1 Å². The number of aliphatic hydroxyl groups is 1. The van der Waals surface area contributed by atoms with Crippen LogP contribution in [0.2, 0.25) is 0 Å². The number of carbonyl (C=O) groups excluding carboxylic acids is 1. The van der Waals surface area contributed by atoms with E-state index in [0.717, 1.165) is 0 Å². The second-order valence-corrected chi connectivity index (χ2v) is 6.01. The van der Waals surface area contributed by atoms with Crippen molar-refractivity contribution >= 4 is 15.8 Å². The molecule has 0 aromatic heterocycles. The van der Waals surface area contributed by atoms with Crippen LogP contribution in [0.1, 0.15) is 29.8 Å². The molecule has 0 spiro atoms. The molecule has 1 atom stereocenters. The standard InChI is InChI=1S/C10H12N2O3S/c1-10(2,14)6-3-4-7-8(5-6)16(11,15)12-9(7)13/h3-5,14H,1-2H3,(H2,11,12,13,15)/t16-/m0/s1. The quantitative estimate of drug-likeness (QED) is 0.683. The van der Waals surface area contributed by atoms with E-state index in [4.69, 9.17) is 4.78 Å². The third-order valence-electron chi connectivity index (χ3n) is 2.48. The first-order valence-electron chi connectivity index (χ1n) is 4.69. The van der Waals surface area contributed by atoms with Gasteiger partial charge in [0.1, 0.15) is 0 Å². The van der Waals surface area contributed by atoms with Crippen LogP contribution in [0, 0.1) is 4.78 Å². The van der Waals surface area contributed by atoms with E-state index in [1.165, 1.54) is 12.1 Å². The summed E-state index contributed by atoms with van der Waals surface area (Å²) in [6, 6.07) is 4.53. The van der Waals surface area contributed by atoms with Crippen molar-refractivity contribution in [3.8, 4) is 0 Å². The van der Waals surface area contributed by atoms with E-state index in [-0.39, 0.29) is 10.5 Å². The third-order valence-corrected chi connectivity index (χ3v) is 3.91. The lowest BCUT2D eigenvalue weighted by Gasteiger charge is -2.18. The molecule has 6 heteroatoms. The van der Waals surface area contributed by atoms with Crippen molar-refractivity contribution in [1.82, 2.24) is 4.72 Å². The average molecular weight is 240 g/mol. The Bertz CT molecular complexity index is 570. The van der Waals surface area contributed by atoms with Crippen LogP contribution in [0.25, 0.3) is 0 Å². The zero-order valence-corrected chi connectivity index (χ0v) is 9.72. The van der Waals surface area contributed by atoms with Crippen LogP contribution in [0.15, 0.2) is 23.1 Å². The van der Waals surface area contributed by atoms with Crippen molar-refractivity contribution < 1.29 is 14.1 Å². The molecule has 16 heavy (non-hydrogen) atoms. The Labute approximate surface area is 93.6 Å². The molecule has 0 aliphatic carbocycles. The number of hydrogen-bond acceptors (Lipinski definition) is 4. The van der Waals surface area contributed by atoms with Gasteiger partial charge in [-0.25, -0.2) is 8.99 Å². The molecular weight excluding hydrogens is 228 g/mol. The summed E-state index contributed by atoms with van der Waals surface area (Å²) in [4.78, 5) is 11.5. The highest BCUT2D eigenvalue weighted by Crippen LogP contribution is 2.28. The highest BCUT2D eigenvalue weighted by Gasteiger charge is 2.31. The predicted octanol–water partition coefficient (Wildman–Crippen LogP) is 0.978. The first kappa shape index (κ1) is 11.1. The molecule has 1 aliphatic heterocycles. The van der Waals surface area contributed by atoms with E-state index in [1.54, 1.807) is 19.9 Å². The Balaban J connectivity index is 2.69. The van der Waals surface area contributed by atoms with Crippen LogP contribution in [0.5, 0.6) is 0 Å². The van der Waals surface area contributed by atoms with Crippen LogP contribution in [0.3, 0.4) is 0 Å². The molecule has 86 valence electrons. The largest absolute Gasteiger partial charge is 0.386 e.